The van der Waals surface area contributed by atoms with E-state index >= 15 is 0 Å². The Kier molecular flexibility index (Phi) is 5.07. The van der Waals surface area contributed by atoms with Crippen molar-refractivity contribution in [1.29, 1.82) is 0 Å². The van der Waals surface area contributed by atoms with Crippen molar-refractivity contribution in [3.63, 3.8) is 0 Å². The number of esters is 2. The van der Waals surface area contributed by atoms with Gasteiger partial charge < -0.3 is 9.47 Å². The van der Waals surface area contributed by atoms with Crippen LogP contribution >= 0.6 is 0 Å². The molecule has 0 saturated carbocycles. The fourth-order valence-corrected chi connectivity index (χ4v) is 3.23. The summed E-state index contributed by atoms with van der Waals surface area (Å²) in [7, 11) is 2.58. The zero-order valence-electron chi connectivity index (χ0n) is 14.9. The van der Waals surface area contributed by atoms with Crippen LogP contribution < -0.4 is 0 Å². The SMILES string of the molecule is COC(=O)/C=C(/C(=O)OC)c1cc(C)c2c(C)cc(C)cc(C)c1-2. The number of carbonyl (C=O) groups excluding carboxylic acids is 2. The van der Waals surface area contributed by atoms with Gasteiger partial charge in [-0.1, -0.05) is 17.7 Å². The first-order valence-electron chi connectivity index (χ1n) is 7.69. The Labute approximate surface area is 142 Å². The summed E-state index contributed by atoms with van der Waals surface area (Å²) in [5.41, 5.74) is 7.30. The van der Waals surface area contributed by atoms with E-state index in [-0.39, 0.29) is 5.57 Å². The van der Waals surface area contributed by atoms with Crippen LogP contribution in [0.5, 0.6) is 0 Å². The van der Waals surface area contributed by atoms with E-state index in [0.717, 1.165) is 33.4 Å². The monoisotopic (exact) mass is 326 g/mol. The van der Waals surface area contributed by atoms with E-state index in [1.807, 2.05) is 33.8 Å². The Hall–Kier alpha value is -2.62. The van der Waals surface area contributed by atoms with Crippen molar-refractivity contribution in [2.24, 2.45) is 0 Å². The van der Waals surface area contributed by atoms with Crippen LogP contribution in [0.25, 0.3) is 16.7 Å². The maximum absolute atomic E-state index is 12.3. The number of carbonyl (C=O) groups is 2. The molecule has 2 aliphatic rings. The van der Waals surface area contributed by atoms with E-state index in [0.29, 0.717) is 5.56 Å². The van der Waals surface area contributed by atoms with Crippen LogP contribution in [0.4, 0.5) is 0 Å². The van der Waals surface area contributed by atoms with Gasteiger partial charge in [-0.15, -0.1) is 0 Å². The van der Waals surface area contributed by atoms with Crippen molar-refractivity contribution in [2.75, 3.05) is 14.2 Å². The van der Waals surface area contributed by atoms with Crippen LogP contribution in [0.1, 0.15) is 27.8 Å². The molecule has 0 aromatic carbocycles. The van der Waals surface area contributed by atoms with Gasteiger partial charge in [0.2, 0.25) is 0 Å². The maximum atomic E-state index is 12.3. The minimum absolute atomic E-state index is 0.203. The number of hydrogen-bond donors (Lipinski definition) is 0. The van der Waals surface area contributed by atoms with Crippen molar-refractivity contribution >= 4 is 17.5 Å². The molecule has 126 valence electrons. The van der Waals surface area contributed by atoms with Gasteiger partial charge in [0.25, 0.3) is 0 Å². The largest absolute Gasteiger partial charge is 0.466 e. The third-order valence-electron chi connectivity index (χ3n) is 4.11. The quantitative estimate of drug-likeness (QED) is 0.637. The number of rotatable bonds is 3. The van der Waals surface area contributed by atoms with E-state index in [1.54, 1.807) is 0 Å². The molecule has 0 amide bonds. The Bertz CT molecular complexity index is 815. The second-order valence-corrected chi connectivity index (χ2v) is 5.96. The topological polar surface area (TPSA) is 52.6 Å². The lowest BCUT2D eigenvalue weighted by atomic mass is 9.96. The van der Waals surface area contributed by atoms with Crippen molar-refractivity contribution < 1.29 is 19.1 Å². The first-order chi connectivity index (χ1) is 11.3. The molecule has 0 atom stereocenters. The highest BCUT2D eigenvalue weighted by atomic mass is 16.5. The number of ether oxygens (including phenoxy) is 2. The fraction of sp³-hybridized carbons (Fsp3) is 0.300. The number of aryl methyl sites for hydroxylation is 4. The van der Waals surface area contributed by atoms with Crippen molar-refractivity contribution in [3.8, 4) is 11.1 Å². The lowest BCUT2D eigenvalue weighted by Crippen LogP contribution is -2.07. The lowest BCUT2D eigenvalue weighted by molar-refractivity contribution is -0.136. The smallest absolute Gasteiger partial charge is 0.338 e. The molecule has 0 saturated heterocycles. The average Bonchev–Trinajstić information content (AvgIpc) is 2.82. The minimum Gasteiger partial charge on any atom is -0.466 e. The summed E-state index contributed by atoms with van der Waals surface area (Å²) in [4.78, 5) is 24.0. The van der Waals surface area contributed by atoms with Crippen molar-refractivity contribution in [3.05, 3.63) is 52.1 Å². The summed E-state index contributed by atoms with van der Waals surface area (Å²) in [6.07, 6.45) is 1.19. The molecule has 0 spiro atoms. The highest BCUT2D eigenvalue weighted by Gasteiger charge is 2.24. The summed E-state index contributed by atoms with van der Waals surface area (Å²) in [6.45, 7) is 8.10. The third kappa shape index (κ3) is 3.18. The number of hydrogen-bond acceptors (Lipinski definition) is 4. The lowest BCUT2D eigenvalue weighted by Gasteiger charge is -2.09. The van der Waals surface area contributed by atoms with E-state index in [1.165, 1.54) is 20.3 Å². The predicted octanol–water partition coefficient (Wildman–Crippen LogP) is 3.75. The Balaban J connectivity index is 2.85. The summed E-state index contributed by atoms with van der Waals surface area (Å²) >= 11 is 0. The van der Waals surface area contributed by atoms with Gasteiger partial charge in [0.05, 0.1) is 19.8 Å². The molecule has 4 heteroatoms. The van der Waals surface area contributed by atoms with Crippen LogP contribution in [-0.2, 0) is 19.1 Å². The highest BCUT2D eigenvalue weighted by Crippen LogP contribution is 2.40. The number of methoxy groups -OCH3 is 2. The van der Waals surface area contributed by atoms with Gasteiger partial charge in [0.1, 0.15) is 0 Å². The fourth-order valence-electron chi connectivity index (χ4n) is 3.23. The standard InChI is InChI=1S/C20H22O4/c1-11-7-12(2)18-14(4)9-15(19(18)13(3)8-11)16(20(22)24-6)10-17(21)23-5/h7-10H,1-6H3/b16-10+. The van der Waals surface area contributed by atoms with Crippen LogP contribution in [0, 0.1) is 27.7 Å². The molecule has 0 fully saturated rings. The minimum atomic E-state index is -0.590. The maximum Gasteiger partial charge on any atom is 0.338 e. The molecular weight excluding hydrogens is 304 g/mol. The summed E-state index contributed by atoms with van der Waals surface area (Å²) in [6, 6.07) is 6.12. The Morgan fingerprint density at radius 2 is 1.38 bits per heavy atom. The number of fused-ring (bicyclic) bond motifs is 1. The average molecular weight is 326 g/mol. The molecule has 0 radical (unpaired) electrons. The summed E-state index contributed by atoms with van der Waals surface area (Å²) in [5, 5.41) is 0. The summed E-state index contributed by atoms with van der Waals surface area (Å²) in [5.74, 6) is -1.15. The predicted molar refractivity (Wildman–Crippen MR) is 94.0 cm³/mol. The van der Waals surface area contributed by atoms with E-state index in [9.17, 15) is 9.59 Å². The van der Waals surface area contributed by atoms with Gasteiger partial charge in [0, 0.05) is 6.08 Å². The van der Waals surface area contributed by atoms with Gasteiger partial charge in [-0.2, -0.15) is 0 Å². The van der Waals surface area contributed by atoms with Crippen molar-refractivity contribution in [1.82, 2.24) is 0 Å². The molecule has 0 bridgehead atoms. The van der Waals surface area contributed by atoms with Gasteiger partial charge in [-0.05, 0) is 67.1 Å². The molecule has 0 aromatic heterocycles. The molecule has 0 N–H and O–H groups in total. The van der Waals surface area contributed by atoms with Crippen molar-refractivity contribution in [2.45, 2.75) is 27.7 Å². The van der Waals surface area contributed by atoms with E-state index in [2.05, 4.69) is 16.9 Å². The van der Waals surface area contributed by atoms with Gasteiger partial charge in [0.15, 0.2) is 0 Å². The molecule has 2 rings (SSSR count). The second kappa shape index (κ2) is 6.87. The molecule has 0 aliphatic heterocycles. The summed E-state index contributed by atoms with van der Waals surface area (Å²) < 4.78 is 9.56. The van der Waals surface area contributed by atoms with Gasteiger partial charge >= 0.3 is 11.9 Å². The van der Waals surface area contributed by atoms with Crippen LogP contribution in [-0.4, -0.2) is 26.2 Å². The third-order valence-corrected chi connectivity index (χ3v) is 4.11. The van der Waals surface area contributed by atoms with Crippen LogP contribution in [0.15, 0.2) is 24.3 Å². The zero-order valence-corrected chi connectivity index (χ0v) is 14.9. The molecule has 2 aliphatic carbocycles. The molecule has 0 unspecified atom stereocenters. The highest BCUT2D eigenvalue weighted by molar-refractivity contribution is 6.22. The Morgan fingerprint density at radius 1 is 0.833 bits per heavy atom. The molecular formula is C20H22O4. The zero-order chi connectivity index (χ0) is 18.0. The molecule has 24 heavy (non-hydrogen) atoms. The first-order valence-corrected chi connectivity index (χ1v) is 7.69. The van der Waals surface area contributed by atoms with Gasteiger partial charge in [-0.3, -0.25) is 0 Å². The molecule has 0 aromatic rings. The first kappa shape index (κ1) is 17.7. The molecule has 4 nitrogen and oxygen atoms in total. The van der Waals surface area contributed by atoms with Crippen LogP contribution in [0.2, 0.25) is 0 Å². The van der Waals surface area contributed by atoms with Crippen LogP contribution in [0.3, 0.4) is 0 Å². The van der Waals surface area contributed by atoms with E-state index < -0.39 is 11.9 Å². The second-order valence-electron chi connectivity index (χ2n) is 5.96. The van der Waals surface area contributed by atoms with Gasteiger partial charge in [-0.25, -0.2) is 9.59 Å². The molecule has 0 heterocycles. The normalized spacial score (nSPS) is 11.5. The van der Waals surface area contributed by atoms with E-state index in [4.69, 9.17) is 4.74 Å². The Morgan fingerprint density at radius 3 is 1.92 bits per heavy atom.